The third kappa shape index (κ3) is 3.45. The highest BCUT2D eigenvalue weighted by Crippen LogP contribution is 2.33. The second-order valence-corrected chi connectivity index (χ2v) is 8.71. The molecule has 27 heavy (non-hydrogen) atoms. The molecule has 2 aliphatic heterocycles. The molecule has 0 unspecified atom stereocenters. The van der Waals surface area contributed by atoms with Crippen molar-refractivity contribution in [1.82, 2.24) is 19.8 Å². The molecule has 1 saturated heterocycles. The molecule has 0 aliphatic carbocycles. The van der Waals surface area contributed by atoms with Crippen molar-refractivity contribution in [3.63, 3.8) is 0 Å². The first-order chi connectivity index (χ1) is 13.3. The molecule has 1 aromatic carbocycles. The van der Waals surface area contributed by atoms with Crippen molar-refractivity contribution in [2.24, 2.45) is 0 Å². The number of aromatic amines is 1. The van der Waals surface area contributed by atoms with Gasteiger partial charge in [0.2, 0.25) is 0 Å². The number of benzene rings is 1. The molecule has 0 atom stereocenters. The molecule has 1 fully saturated rings. The second kappa shape index (κ2) is 7.19. The molecule has 2 aromatic heterocycles. The van der Waals surface area contributed by atoms with Gasteiger partial charge in [-0.3, -0.25) is 14.6 Å². The summed E-state index contributed by atoms with van der Waals surface area (Å²) in [7, 11) is 0. The van der Waals surface area contributed by atoms with Crippen LogP contribution in [0.4, 0.5) is 0 Å². The van der Waals surface area contributed by atoms with E-state index in [4.69, 9.17) is 4.98 Å². The average Bonchev–Trinajstić information content (AvgIpc) is 3.29. The number of H-pyrrole nitrogens is 1. The monoisotopic (exact) mass is 380 g/mol. The molecule has 2 aliphatic rings. The van der Waals surface area contributed by atoms with E-state index in [1.54, 1.807) is 11.3 Å². The van der Waals surface area contributed by atoms with Crippen LogP contribution in [0.2, 0.25) is 0 Å². The van der Waals surface area contributed by atoms with E-state index >= 15 is 0 Å². The summed E-state index contributed by atoms with van der Waals surface area (Å²) < 4.78 is 0. The molecule has 0 bridgehead atoms. The van der Waals surface area contributed by atoms with Gasteiger partial charge in [-0.15, -0.1) is 11.3 Å². The normalized spacial score (nSPS) is 18.2. The quantitative estimate of drug-likeness (QED) is 0.756. The molecule has 0 amide bonds. The molecule has 5 nitrogen and oxygen atoms in total. The zero-order valence-corrected chi connectivity index (χ0v) is 16.2. The highest BCUT2D eigenvalue weighted by Gasteiger charge is 2.24. The number of thiophene rings is 1. The number of aromatic nitrogens is 2. The summed E-state index contributed by atoms with van der Waals surface area (Å²) in [6.45, 7) is 5.83. The smallest absolute Gasteiger partial charge is 0.259 e. The number of nitrogens with one attached hydrogen (secondary N) is 1. The Balaban J connectivity index is 1.41. The van der Waals surface area contributed by atoms with Gasteiger partial charge in [0.05, 0.1) is 11.9 Å². The van der Waals surface area contributed by atoms with E-state index in [9.17, 15) is 4.79 Å². The van der Waals surface area contributed by atoms with E-state index in [-0.39, 0.29) is 5.56 Å². The lowest BCUT2D eigenvalue weighted by Gasteiger charge is -2.26. The van der Waals surface area contributed by atoms with Gasteiger partial charge >= 0.3 is 0 Å². The summed E-state index contributed by atoms with van der Waals surface area (Å²) in [5.74, 6) is 0.814. The Morgan fingerprint density at radius 2 is 1.85 bits per heavy atom. The van der Waals surface area contributed by atoms with Gasteiger partial charge in [-0.05, 0) is 43.5 Å². The van der Waals surface area contributed by atoms with Crippen molar-refractivity contribution < 1.29 is 0 Å². The lowest BCUT2D eigenvalue weighted by Crippen LogP contribution is -2.29. The van der Waals surface area contributed by atoms with Crippen LogP contribution < -0.4 is 5.56 Å². The minimum absolute atomic E-state index is 0.0446. The van der Waals surface area contributed by atoms with E-state index in [1.807, 2.05) is 0 Å². The van der Waals surface area contributed by atoms with Crippen LogP contribution in [0.3, 0.4) is 0 Å². The minimum Gasteiger partial charge on any atom is -0.309 e. The Bertz CT molecular complexity index is 1000. The average molecular weight is 381 g/mol. The maximum Gasteiger partial charge on any atom is 0.259 e. The van der Waals surface area contributed by atoms with Crippen molar-refractivity contribution in [2.45, 2.75) is 38.9 Å². The second-order valence-electron chi connectivity index (χ2n) is 7.63. The predicted molar refractivity (Wildman–Crippen MR) is 109 cm³/mol. The van der Waals surface area contributed by atoms with Crippen LogP contribution in [0, 0.1) is 0 Å². The molecule has 4 heterocycles. The number of rotatable bonds is 4. The number of fused-ring (bicyclic) bond motifs is 3. The Hall–Kier alpha value is -2.02. The van der Waals surface area contributed by atoms with Gasteiger partial charge in [0.1, 0.15) is 10.7 Å². The van der Waals surface area contributed by atoms with Crippen molar-refractivity contribution >= 4 is 21.6 Å². The van der Waals surface area contributed by atoms with Gasteiger partial charge in [0.25, 0.3) is 5.56 Å². The maximum atomic E-state index is 12.8. The lowest BCUT2D eigenvalue weighted by molar-refractivity contribution is 0.249. The molecule has 0 radical (unpaired) electrons. The molecular formula is C21H24N4OS. The Labute approximate surface area is 162 Å². The molecule has 0 spiro atoms. The molecule has 0 saturated carbocycles. The third-order valence-corrected chi connectivity index (χ3v) is 6.77. The fourth-order valence-electron chi connectivity index (χ4n) is 4.30. The Kier molecular flexibility index (Phi) is 4.55. The number of hydrogen-bond acceptors (Lipinski definition) is 5. The van der Waals surface area contributed by atoms with E-state index in [1.165, 1.54) is 28.8 Å². The van der Waals surface area contributed by atoms with Crippen LogP contribution >= 0.6 is 11.3 Å². The zero-order chi connectivity index (χ0) is 18.2. The highest BCUT2D eigenvalue weighted by atomic mass is 32.1. The first-order valence-corrected chi connectivity index (χ1v) is 10.6. The predicted octanol–water partition coefficient (Wildman–Crippen LogP) is 3.14. The third-order valence-electron chi connectivity index (χ3n) is 5.66. The van der Waals surface area contributed by atoms with Crippen LogP contribution in [0.15, 0.2) is 35.1 Å². The Morgan fingerprint density at radius 1 is 1.04 bits per heavy atom. The van der Waals surface area contributed by atoms with Crippen molar-refractivity contribution in [2.75, 3.05) is 19.6 Å². The Morgan fingerprint density at radius 3 is 2.67 bits per heavy atom. The van der Waals surface area contributed by atoms with E-state index in [2.05, 4.69) is 45.1 Å². The topological polar surface area (TPSA) is 52.2 Å². The van der Waals surface area contributed by atoms with Crippen LogP contribution in [-0.2, 0) is 26.1 Å². The van der Waals surface area contributed by atoms with E-state index in [0.29, 0.717) is 0 Å². The minimum atomic E-state index is 0.0446. The van der Waals surface area contributed by atoms with Crippen LogP contribution in [0.25, 0.3) is 10.2 Å². The summed E-state index contributed by atoms with van der Waals surface area (Å²) in [5.41, 5.74) is 2.61. The standard InChI is InChI=1S/C21H24N4OS/c26-20-19-16-8-11-25(12-15-6-2-1-3-7-15)13-17(16)27-21(19)23-18(22-20)14-24-9-4-5-10-24/h1-3,6-7H,4-5,8-14H2,(H,22,23,26). The molecule has 140 valence electrons. The van der Waals surface area contributed by atoms with Crippen molar-refractivity contribution in [3.8, 4) is 0 Å². The molecule has 6 heteroatoms. The summed E-state index contributed by atoms with van der Waals surface area (Å²) >= 11 is 1.71. The highest BCUT2D eigenvalue weighted by molar-refractivity contribution is 7.18. The van der Waals surface area contributed by atoms with Gasteiger partial charge in [-0.2, -0.15) is 0 Å². The van der Waals surface area contributed by atoms with Crippen LogP contribution in [-0.4, -0.2) is 39.4 Å². The molecule has 3 aromatic rings. The summed E-state index contributed by atoms with van der Waals surface area (Å²) in [4.78, 5) is 27.7. The van der Waals surface area contributed by atoms with E-state index in [0.717, 1.165) is 61.7 Å². The lowest BCUT2D eigenvalue weighted by atomic mass is 10.0. The van der Waals surface area contributed by atoms with Crippen molar-refractivity contribution in [3.05, 3.63) is 62.5 Å². The van der Waals surface area contributed by atoms with E-state index < -0.39 is 0 Å². The van der Waals surface area contributed by atoms with Gasteiger partial charge < -0.3 is 4.98 Å². The first-order valence-electron chi connectivity index (χ1n) is 9.78. The van der Waals surface area contributed by atoms with Gasteiger partial charge in [0, 0.05) is 24.5 Å². The maximum absolute atomic E-state index is 12.8. The van der Waals surface area contributed by atoms with Gasteiger partial charge in [-0.1, -0.05) is 30.3 Å². The van der Waals surface area contributed by atoms with Gasteiger partial charge in [-0.25, -0.2) is 4.98 Å². The SMILES string of the molecule is O=c1[nH]c(CN2CCCC2)nc2sc3c(c12)CCN(Cc1ccccc1)C3. The fraction of sp³-hybridized carbons (Fsp3) is 0.429. The number of nitrogens with zero attached hydrogens (tertiary/aromatic N) is 3. The summed E-state index contributed by atoms with van der Waals surface area (Å²) in [6, 6.07) is 10.6. The number of likely N-dealkylation sites (tertiary alicyclic amines) is 1. The fourth-order valence-corrected chi connectivity index (χ4v) is 5.58. The van der Waals surface area contributed by atoms with Gasteiger partial charge in [0.15, 0.2) is 0 Å². The molecule has 1 N–H and O–H groups in total. The van der Waals surface area contributed by atoms with Crippen molar-refractivity contribution in [1.29, 1.82) is 0 Å². The molecular weight excluding hydrogens is 356 g/mol. The summed E-state index contributed by atoms with van der Waals surface area (Å²) in [5, 5.41) is 0.833. The van der Waals surface area contributed by atoms with Crippen LogP contribution in [0.5, 0.6) is 0 Å². The number of hydrogen-bond donors (Lipinski definition) is 1. The zero-order valence-electron chi connectivity index (χ0n) is 15.4. The molecule has 5 rings (SSSR count). The largest absolute Gasteiger partial charge is 0.309 e. The summed E-state index contributed by atoms with van der Waals surface area (Å²) in [6.07, 6.45) is 3.42. The first kappa shape index (κ1) is 17.1. The van der Waals surface area contributed by atoms with Crippen LogP contribution in [0.1, 0.15) is 34.7 Å².